The highest BCUT2D eigenvalue weighted by Gasteiger charge is 2.31. The van der Waals surface area contributed by atoms with Crippen LogP contribution in [0.15, 0.2) is 48.7 Å². The number of hydrogen-bond acceptors (Lipinski definition) is 3. The van der Waals surface area contributed by atoms with Gasteiger partial charge in [0.1, 0.15) is 11.4 Å². The number of H-pyrrole nitrogens is 1. The van der Waals surface area contributed by atoms with Crippen molar-refractivity contribution in [2.75, 3.05) is 0 Å². The lowest BCUT2D eigenvalue weighted by Gasteiger charge is -2.11. The van der Waals surface area contributed by atoms with E-state index in [9.17, 15) is 22.8 Å². The Bertz CT molecular complexity index is 740. The van der Waals surface area contributed by atoms with E-state index >= 15 is 0 Å². The van der Waals surface area contributed by atoms with Crippen LogP contribution in [0.2, 0.25) is 0 Å². The number of rotatable bonds is 4. The molecular weight excluding hydrogens is 327 g/mol. The number of halogens is 3. The zero-order valence-corrected chi connectivity index (χ0v) is 12.1. The molecule has 2 rings (SSSR count). The monoisotopic (exact) mass is 339 g/mol. The topological polar surface area (TPSA) is 83.2 Å². The van der Waals surface area contributed by atoms with Crippen LogP contribution in [0.25, 0.3) is 6.08 Å². The van der Waals surface area contributed by atoms with E-state index in [1.807, 2.05) is 0 Å². The normalized spacial score (nSPS) is 11.3. The second-order valence-corrected chi connectivity index (χ2v) is 4.45. The number of alkyl halides is 3. The molecule has 3 N–H and O–H groups in total. The molecule has 6 nitrogen and oxygen atoms in total. The minimum Gasteiger partial charge on any atom is -0.405 e. The molecule has 126 valence electrons. The number of carbonyl (C=O) groups is 2. The minimum absolute atomic E-state index is 0.0562. The first-order valence-electron chi connectivity index (χ1n) is 6.62. The first kappa shape index (κ1) is 17.1. The summed E-state index contributed by atoms with van der Waals surface area (Å²) in [6, 6.07) is 8.44. The fraction of sp³-hybridized carbons (Fsp3) is 0.0667. The van der Waals surface area contributed by atoms with Gasteiger partial charge in [0.05, 0.1) is 0 Å². The largest absolute Gasteiger partial charge is 0.573 e. The van der Waals surface area contributed by atoms with E-state index in [1.54, 1.807) is 6.07 Å². The molecule has 0 unspecified atom stereocenters. The van der Waals surface area contributed by atoms with E-state index in [-0.39, 0.29) is 11.3 Å². The average Bonchev–Trinajstić information content (AvgIpc) is 3.04. The Morgan fingerprint density at radius 2 is 1.83 bits per heavy atom. The summed E-state index contributed by atoms with van der Waals surface area (Å²) in [5, 5.41) is 0. The fourth-order valence-electron chi connectivity index (χ4n) is 1.70. The molecule has 0 saturated heterocycles. The van der Waals surface area contributed by atoms with Crippen LogP contribution in [-0.2, 0) is 4.79 Å². The molecule has 0 spiro atoms. The predicted octanol–water partition coefficient (Wildman–Crippen LogP) is 2.39. The summed E-state index contributed by atoms with van der Waals surface area (Å²) in [5.41, 5.74) is 4.54. The van der Waals surface area contributed by atoms with Gasteiger partial charge in [-0.2, -0.15) is 0 Å². The zero-order valence-electron chi connectivity index (χ0n) is 12.1. The van der Waals surface area contributed by atoms with Gasteiger partial charge in [0.2, 0.25) is 0 Å². The molecule has 24 heavy (non-hydrogen) atoms. The van der Waals surface area contributed by atoms with Crippen LogP contribution in [0.1, 0.15) is 16.1 Å². The van der Waals surface area contributed by atoms with Crippen LogP contribution in [0.4, 0.5) is 13.2 Å². The van der Waals surface area contributed by atoms with E-state index in [4.69, 9.17) is 0 Å². The van der Waals surface area contributed by atoms with Gasteiger partial charge in [-0.1, -0.05) is 18.2 Å². The van der Waals surface area contributed by atoms with Gasteiger partial charge in [0.25, 0.3) is 11.8 Å². The number of nitrogens with one attached hydrogen (secondary N) is 3. The highest BCUT2D eigenvalue weighted by atomic mass is 19.4. The highest BCUT2D eigenvalue weighted by molar-refractivity contribution is 5.97. The second-order valence-electron chi connectivity index (χ2n) is 4.45. The van der Waals surface area contributed by atoms with Gasteiger partial charge in [-0.3, -0.25) is 20.4 Å². The SMILES string of the molecule is O=C(/C=C/c1ccccc1OC(F)(F)F)NNC(=O)c1ccc[nH]1. The molecule has 1 heterocycles. The van der Waals surface area contributed by atoms with E-state index in [1.165, 1.54) is 30.5 Å². The fourth-order valence-corrected chi connectivity index (χ4v) is 1.70. The number of para-hydroxylation sites is 1. The Morgan fingerprint density at radius 1 is 1.08 bits per heavy atom. The Kier molecular flexibility index (Phi) is 5.25. The van der Waals surface area contributed by atoms with Crippen molar-refractivity contribution in [2.45, 2.75) is 6.36 Å². The molecule has 0 aliphatic rings. The number of aromatic amines is 1. The van der Waals surface area contributed by atoms with Crippen molar-refractivity contribution in [2.24, 2.45) is 0 Å². The van der Waals surface area contributed by atoms with E-state index < -0.39 is 23.9 Å². The van der Waals surface area contributed by atoms with Crippen molar-refractivity contribution in [3.63, 3.8) is 0 Å². The third-order valence-corrected chi connectivity index (χ3v) is 2.70. The quantitative estimate of drug-likeness (QED) is 0.591. The average molecular weight is 339 g/mol. The van der Waals surface area contributed by atoms with Gasteiger partial charge in [-0.05, 0) is 24.3 Å². The first-order valence-corrected chi connectivity index (χ1v) is 6.62. The van der Waals surface area contributed by atoms with Gasteiger partial charge in [0, 0.05) is 17.8 Å². The zero-order chi connectivity index (χ0) is 17.6. The van der Waals surface area contributed by atoms with Crippen LogP contribution in [-0.4, -0.2) is 23.2 Å². The molecule has 1 aromatic heterocycles. The van der Waals surface area contributed by atoms with E-state index in [0.29, 0.717) is 0 Å². The summed E-state index contributed by atoms with van der Waals surface area (Å²) in [7, 11) is 0. The number of ether oxygens (including phenoxy) is 1. The molecule has 0 radical (unpaired) electrons. The molecule has 0 aliphatic heterocycles. The number of hydrazine groups is 1. The van der Waals surface area contributed by atoms with Crippen molar-refractivity contribution in [3.8, 4) is 5.75 Å². The summed E-state index contributed by atoms with van der Waals surface area (Å²) in [6.07, 6.45) is -1.20. The van der Waals surface area contributed by atoms with Crippen LogP contribution in [0.5, 0.6) is 5.75 Å². The maximum Gasteiger partial charge on any atom is 0.573 e. The number of benzene rings is 1. The standard InChI is InChI=1S/C15H12F3N3O3/c16-15(17,18)24-12-6-2-1-4-10(12)7-8-13(22)20-21-14(23)11-5-3-9-19-11/h1-9,19H,(H,20,22)(H,21,23)/b8-7+. The van der Waals surface area contributed by atoms with Crippen molar-refractivity contribution >= 4 is 17.9 Å². The maximum atomic E-state index is 12.3. The number of hydrogen-bond donors (Lipinski definition) is 3. The lowest BCUT2D eigenvalue weighted by molar-refractivity contribution is -0.274. The third-order valence-electron chi connectivity index (χ3n) is 2.70. The molecule has 0 bridgehead atoms. The van der Waals surface area contributed by atoms with Crippen molar-refractivity contribution in [1.29, 1.82) is 0 Å². The van der Waals surface area contributed by atoms with Crippen LogP contribution in [0, 0.1) is 0 Å². The second kappa shape index (κ2) is 7.36. The van der Waals surface area contributed by atoms with Gasteiger partial charge < -0.3 is 9.72 Å². The molecule has 2 amide bonds. The van der Waals surface area contributed by atoms with Gasteiger partial charge in [-0.15, -0.1) is 13.2 Å². The van der Waals surface area contributed by atoms with Crippen molar-refractivity contribution in [3.05, 3.63) is 59.9 Å². The predicted molar refractivity (Wildman–Crippen MR) is 78.6 cm³/mol. The summed E-state index contributed by atoms with van der Waals surface area (Å²) in [6.45, 7) is 0. The van der Waals surface area contributed by atoms with Gasteiger partial charge >= 0.3 is 6.36 Å². The molecule has 9 heteroatoms. The van der Waals surface area contributed by atoms with Crippen LogP contribution >= 0.6 is 0 Å². The van der Waals surface area contributed by atoms with E-state index in [2.05, 4.69) is 20.6 Å². The van der Waals surface area contributed by atoms with Crippen LogP contribution < -0.4 is 15.6 Å². The summed E-state index contributed by atoms with van der Waals surface area (Å²) < 4.78 is 40.7. The summed E-state index contributed by atoms with van der Waals surface area (Å²) >= 11 is 0. The van der Waals surface area contributed by atoms with Gasteiger partial charge in [-0.25, -0.2) is 0 Å². The Hall–Kier alpha value is -3.23. The molecule has 0 aliphatic carbocycles. The molecule has 2 aromatic rings. The number of amides is 2. The highest BCUT2D eigenvalue weighted by Crippen LogP contribution is 2.26. The van der Waals surface area contributed by atoms with Gasteiger partial charge in [0.15, 0.2) is 0 Å². The number of carbonyl (C=O) groups excluding carboxylic acids is 2. The Morgan fingerprint density at radius 3 is 2.50 bits per heavy atom. The maximum absolute atomic E-state index is 12.3. The molecule has 1 aromatic carbocycles. The number of aromatic nitrogens is 1. The summed E-state index contributed by atoms with van der Waals surface area (Å²) in [5.74, 6) is -1.73. The first-order chi connectivity index (χ1) is 11.3. The smallest absolute Gasteiger partial charge is 0.405 e. The summed E-state index contributed by atoms with van der Waals surface area (Å²) in [4.78, 5) is 25.8. The Labute approximate surface area is 134 Å². The third kappa shape index (κ3) is 5.20. The van der Waals surface area contributed by atoms with E-state index in [0.717, 1.165) is 18.2 Å². The van der Waals surface area contributed by atoms with Crippen LogP contribution in [0.3, 0.4) is 0 Å². The molecule has 0 fully saturated rings. The molecule has 0 saturated carbocycles. The Balaban J connectivity index is 1.95. The lowest BCUT2D eigenvalue weighted by atomic mass is 10.2. The van der Waals surface area contributed by atoms with Crippen molar-refractivity contribution in [1.82, 2.24) is 15.8 Å². The molecular formula is C15H12F3N3O3. The van der Waals surface area contributed by atoms with Crippen molar-refractivity contribution < 1.29 is 27.5 Å². The minimum atomic E-state index is -4.84. The lowest BCUT2D eigenvalue weighted by Crippen LogP contribution is -2.40. The molecule has 0 atom stereocenters.